The normalized spacial score (nSPS) is 19.0. The second kappa shape index (κ2) is 7.37. The van der Waals surface area contributed by atoms with E-state index in [4.69, 9.17) is 0 Å². The highest BCUT2D eigenvalue weighted by Gasteiger charge is 2.49. The van der Waals surface area contributed by atoms with E-state index in [0.717, 1.165) is 10.5 Å². The molecule has 3 amide bonds. The van der Waals surface area contributed by atoms with E-state index < -0.39 is 22.4 Å². The number of benzene rings is 2. The van der Waals surface area contributed by atoms with Gasteiger partial charge in [0.2, 0.25) is 0 Å². The Labute approximate surface area is 174 Å². The molecule has 2 aromatic carbocycles. The van der Waals surface area contributed by atoms with Crippen LogP contribution < -0.4 is 5.32 Å². The first-order valence-electron chi connectivity index (χ1n) is 9.46. The van der Waals surface area contributed by atoms with E-state index in [2.05, 4.69) is 26.1 Å². The molecule has 1 aliphatic rings. The standard InChI is InChI=1S/C22H23N3O5/c1-21(2,3)15-7-5-14(6-8-15)18(26)13-24-19(27)22(4,23-20(24)28)16-9-11-17(12-10-16)25(29)30/h5-12H,13H2,1-4H3,(H,23,28)/t22-/m1/s1. The SMILES string of the molecule is CC(C)(C)c1ccc(C(=O)CN2C(=O)N[C@](C)(c3ccc([N+](=O)[O-])cc3)C2=O)cc1. The molecule has 0 unspecified atom stereocenters. The van der Waals surface area contributed by atoms with Crippen LogP contribution in [-0.2, 0) is 15.7 Å². The zero-order valence-corrected chi connectivity index (χ0v) is 17.3. The number of hydrogen-bond acceptors (Lipinski definition) is 5. The van der Waals surface area contributed by atoms with Crippen molar-refractivity contribution in [1.29, 1.82) is 0 Å². The lowest BCUT2D eigenvalue weighted by molar-refractivity contribution is -0.384. The summed E-state index contributed by atoms with van der Waals surface area (Å²) in [6, 6.07) is 11.8. The number of nitro groups is 1. The van der Waals surface area contributed by atoms with Crippen LogP contribution in [0.1, 0.15) is 49.2 Å². The maximum absolute atomic E-state index is 13.0. The molecule has 0 aliphatic carbocycles. The highest BCUT2D eigenvalue weighted by Crippen LogP contribution is 2.30. The predicted molar refractivity (Wildman–Crippen MR) is 110 cm³/mol. The molecule has 0 saturated carbocycles. The summed E-state index contributed by atoms with van der Waals surface area (Å²) in [5.74, 6) is -0.937. The van der Waals surface area contributed by atoms with Crippen molar-refractivity contribution in [2.45, 2.75) is 38.6 Å². The summed E-state index contributed by atoms with van der Waals surface area (Å²) in [7, 11) is 0. The zero-order chi connectivity index (χ0) is 22.3. The smallest absolute Gasteiger partial charge is 0.319 e. The third-order valence-corrected chi connectivity index (χ3v) is 5.31. The predicted octanol–water partition coefficient (Wildman–Crippen LogP) is 3.54. The minimum atomic E-state index is -1.40. The lowest BCUT2D eigenvalue weighted by atomic mass is 9.86. The van der Waals surface area contributed by atoms with Crippen LogP contribution in [0.2, 0.25) is 0 Å². The van der Waals surface area contributed by atoms with E-state index in [1.807, 2.05) is 12.1 Å². The Morgan fingerprint density at radius 2 is 1.63 bits per heavy atom. The van der Waals surface area contributed by atoms with Gasteiger partial charge in [-0.05, 0) is 35.6 Å². The van der Waals surface area contributed by atoms with Gasteiger partial charge in [0.05, 0.1) is 11.5 Å². The summed E-state index contributed by atoms with van der Waals surface area (Å²) >= 11 is 0. The molecular formula is C22H23N3O5. The molecule has 8 nitrogen and oxygen atoms in total. The quantitative estimate of drug-likeness (QED) is 0.351. The number of hydrogen-bond donors (Lipinski definition) is 1. The molecule has 1 aliphatic heterocycles. The Morgan fingerprint density at radius 1 is 1.07 bits per heavy atom. The number of ketones is 1. The van der Waals surface area contributed by atoms with Crippen LogP contribution in [0.3, 0.4) is 0 Å². The number of carbonyl (C=O) groups excluding carboxylic acids is 3. The Hall–Kier alpha value is -3.55. The maximum atomic E-state index is 13.0. The average Bonchev–Trinajstić information content (AvgIpc) is 2.91. The van der Waals surface area contributed by atoms with Gasteiger partial charge < -0.3 is 5.32 Å². The van der Waals surface area contributed by atoms with Gasteiger partial charge in [0.15, 0.2) is 5.78 Å². The molecule has 30 heavy (non-hydrogen) atoms. The fourth-order valence-corrected chi connectivity index (χ4v) is 3.34. The Morgan fingerprint density at radius 3 is 2.13 bits per heavy atom. The fraction of sp³-hybridized carbons (Fsp3) is 0.318. The number of nitrogens with zero attached hydrogens (tertiary/aromatic N) is 2. The zero-order valence-electron chi connectivity index (χ0n) is 17.3. The van der Waals surface area contributed by atoms with Crippen LogP contribution >= 0.6 is 0 Å². The van der Waals surface area contributed by atoms with Crippen molar-refractivity contribution in [3.63, 3.8) is 0 Å². The molecule has 1 heterocycles. The molecule has 0 bridgehead atoms. The third-order valence-electron chi connectivity index (χ3n) is 5.31. The summed E-state index contributed by atoms with van der Waals surface area (Å²) in [6.07, 6.45) is 0. The van der Waals surface area contributed by atoms with Crippen molar-refractivity contribution >= 4 is 23.4 Å². The lowest BCUT2D eigenvalue weighted by Gasteiger charge is -2.22. The number of Topliss-reactive ketones (excluding diaryl/α,β-unsaturated/α-hetero) is 1. The van der Waals surface area contributed by atoms with Gasteiger partial charge >= 0.3 is 6.03 Å². The van der Waals surface area contributed by atoms with Gasteiger partial charge in [0.25, 0.3) is 11.6 Å². The molecule has 0 spiro atoms. The van der Waals surface area contributed by atoms with Crippen LogP contribution in [-0.4, -0.2) is 34.1 Å². The van der Waals surface area contributed by atoms with Crippen LogP contribution in [0.5, 0.6) is 0 Å². The van der Waals surface area contributed by atoms with Crippen molar-refractivity contribution in [3.8, 4) is 0 Å². The Bertz CT molecular complexity index is 1020. The van der Waals surface area contributed by atoms with E-state index in [9.17, 15) is 24.5 Å². The summed E-state index contributed by atoms with van der Waals surface area (Å²) < 4.78 is 0. The average molecular weight is 409 g/mol. The minimum absolute atomic E-state index is 0.0566. The van der Waals surface area contributed by atoms with Crippen molar-refractivity contribution in [3.05, 3.63) is 75.3 Å². The monoisotopic (exact) mass is 409 g/mol. The molecule has 1 fully saturated rings. The first kappa shape index (κ1) is 21.2. The van der Waals surface area contributed by atoms with Gasteiger partial charge in [-0.1, -0.05) is 45.0 Å². The Kier molecular flexibility index (Phi) is 5.20. The molecular weight excluding hydrogens is 386 g/mol. The van der Waals surface area contributed by atoms with Crippen molar-refractivity contribution in [2.75, 3.05) is 6.54 Å². The third kappa shape index (κ3) is 3.80. The highest BCUT2D eigenvalue weighted by molar-refractivity contribution is 6.11. The molecule has 2 aromatic rings. The molecule has 3 rings (SSSR count). The first-order chi connectivity index (χ1) is 13.9. The lowest BCUT2D eigenvalue weighted by Crippen LogP contribution is -2.41. The van der Waals surface area contributed by atoms with E-state index in [1.54, 1.807) is 12.1 Å². The molecule has 156 valence electrons. The van der Waals surface area contributed by atoms with E-state index in [0.29, 0.717) is 11.1 Å². The first-order valence-corrected chi connectivity index (χ1v) is 9.46. The number of rotatable bonds is 5. The number of urea groups is 1. The van der Waals surface area contributed by atoms with Gasteiger partial charge in [0.1, 0.15) is 5.54 Å². The largest absolute Gasteiger partial charge is 0.325 e. The van der Waals surface area contributed by atoms with Gasteiger partial charge in [-0.25, -0.2) is 4.79 Å². The van der Waals surface area contributed by atoms with Crippen molar-refractivity contribution < 1.29 is 19.3 Å². The summed E-state index contributed by atoms with van der Waals surface area (Å²) in [5, 5.41) is 13.4. The molecule has 1 atom stereocenters. The minimum Gasteiger partial charge on any atom is -0.319 e. The van der Waals surface area contributed by atoms with E-state index in [1.165, 1.54) is 31.2 Å². The molecule has 8 heteroatoms. The number of non-ortho nitro benzene ring substituents is 1. The van der Waals surface area contributed by atoms with Gasteiger partial charge in [-0.3, -0.25) is 24.6 Å². The van der Waals surface area contributed by atoms with E-state index >= 15 is 0 Å². The number of imide groups is 1. The topological polar surface area (TPSA) is 110 Å². The summed E-state index contributed by atoms with van der Waals surface area (Å²) in [6.45, 7) is 7.32. The highest BCUT2D eigenvalue weighted by atomic mass is 16.6. The molecule has 1 N–H and O–H groups in total. The van der Waals surface area contributed by atoms with Crippen molar-refractivity contribution in [2.24, 2.45) is 0 Å². The number of nitro benzene ring substituents is 1. The second-order valence-corrected chi connectivity index (χ2v) is 8.50. The fourth-order valence-electron chi connectivity index (χ4n) is 3.34. The number of amides is 3. The summed E-state index contributed by atoms with van der Waals surface area (Å²) in [5.41, 5.74) is 0.301. The van der Waals surface area contributed by atoms with Gasteiger partial charge in [-0.2, -0.15) is 0 Å². The molecule has 1 saturated heterocycles. The van der Waals surface area contributed by atoms with Crippen molar-refractivity contribution in [1.82, 2.24) is 10.2 Å². The second-order valence-electron chi connectivity index (χ2n) is 8.50. The Balaban J connectivity index is 1.79. The van der Waals surface area contributed by atoms with Gasteiger partial charge in [0, 0.05) is 17.7 Å². The molecule has 0 radical (unpaired) electrons. The number of carbonyl (C=O) groups is 3. The number of nitrogens with one attached hydrogen (secondary N) is 1. The van der Waals surface area contributed by atoms with E-state index in [-0.39, 0.29) is 23.4 Å². The van der Waals surface area contributed by atoms with Crippen LogP contribution in [0.25, 0.3) is 0 Å². The van der Waals surface area contributed by atoms with Crippen LogP contribution in [0.4, 0.5) is 10.5 Å². The maximum Gasteiger partial charge on any atom is 0.325 e. The van der Waals surface area contributed by atoms with Gasteiger partial charge in [-0.15, -0.1) is 0 Å². The molecule has 0 aromatic heterocycles. The van der Waals surface area contributed by atoms with Crippen LogP contribution in [0, 0.1) is 10.1 Å². The van der Waals surface area contributed by atoms with Crippen LogP contribution in [0.15, 0.2) is 48.5 Å². The summed E-state index contributed by atoms with van der Waals surface area (Å²) in [4.78, 5) is 49.2.